The number of rotatable bonds is 10. The van der Waals surface area contributed by atoms with Gasteiger partial charge in [-0.25, -0.2) is 18.5 Å². The fourth-order valence-electron chi connectivity index (χ4n) is 4.18. The first-order valence-electron chi connectivity index (χ1n) is 12.9. The molecule has 2 N–H and O–H groups in total. The van der Waals surface area contributed by atoms with Gasteiger partial charge in [0.2, 0.25) is 0 Å². The van der Waals surface area contributed by atoms with E-state index in [1.165, 1.54) is 30.5 Å². The highest BCUT2D eigenvalue weighted by atomic mass is 35.5. The summed E-state index contributed by atoms with van der Waals surface area (Å²) in [6.07, 6.45) is 3.25. The van der Waals surface area contributed by atoms with E-state index in [1.54, 1.807) is 61.5 Å². The van der Waals surface area contributed by atoms with E-state index in [2.05, 4.69) is 15.2 Å². The Kier molecular flexibility index (Phi) is 8.74. The number of aromatic nitrogens is 2. The molecule has 0 saturated carbocycles. The standard InChI is InChI=1S/C31H26ClN5O5S/c1-41-28-16-15-21(18-29(28)42-2)30-23(20-37(35-30)24-10-4-3-5-11-24)19-33-34-31(38)22-9-8-12-25(17-22)43(39,40)36-27-14-7-6-13-26(27)32/h3-20,36H,1-2H3,(H,34,38)/b33-19+. The third kappa shape index (κ3) is 6.69. The van der Waals surface area contributed by atoms with E-state index < -0.39 is 15.9 Å². The van der Waals surface area contributed by atoms with Crippen molar-refractivity contribution >= 4 is 39.4 Å². The van der Waals surface area contributed by atoms with Gasteiger partial charge in [0.15, 0.2) is 11.5 Å². The quantitative estimate of drug-likeness (QED) is 0.152. The molecule has 0 aliphatic heterocycles. The fourth-order valence-corrected chi connectivity index (χ4v) is 5.54. The number of sulfonamides is 1. The van der Waals surface area contributed by atoms with Crippen molar-refractivity contribution in [2.45, 2.75) is 4.90 Å². The molecule has 0 aliphatic rings. The van der Waals surface area contributed by atoms with Gasteiger partial charge in [0.25, 0.3) is 15.9 Å². The third-order valence-corrected chi connectivity index (χ3v) is 8.01. The van der Waals surface area contributed by atoms with Gasteiger partial charge >= 0.3 is 0 Å². The molecule has 0 radical (unpaired) electrons. The minimum absolute atomic E-state index is 0.0966. The van der Waals surface area contributed by atoms with Crippen molar-refractivity contribution in [1.29, 1.82) is 0 Å². The molecular weight excluding hydrogens is 590 g/mol. The van der Waals surface area contributed by atoms with E-state index in [9.17, 15) is 13.2 Å². The highest BCUT2D eigenvalue weighted by molar-refractivity contribution is 7.92. The lowest BCUT2D eigenvalue weighted by molar-refractivity contribution is 0.0955. The highest BCUT2D eigenvalue weighted by Gasteiger charge is 2.18. The van der Waals surface area contributed by atoms with Gasteiger partial charge in [-0.05, 0) is 60.7 Å². The van der Waals surface area contributed by atoms with Crippen LogP contribution in [0.1, 0.15) is 15.9 Å². The predicted molar refractivity (Wildman–Crippen MR) is 166 cm³/mol. The number of methoxy groups -OCH3 is 2. The molecule has 12 heteroatoms. The molecule has 0 bridgehead atoms. The smallest absolute Gasteiger partial charge is 0.271 e. The SMILES string of the molecule is COc1ccc(-c2nn(-c3ccccc3)cc2/C=N/NC(=O)c2cccc(S(=O)(=O)Nc3ccccc3Cl)c2)cc1OC. The number of halogens is 1. The van der Waals surface area contributed by atoms with Gasteiger partial charge in [0.1, 0.15) is 5.69 Å². The first-order chi connectivity index (χ1) is 20.8. The van der Waals surface area contributed by atoms with E-state index in [-0.39, 0.29) is 21.2 Å². The number of hydrogen-bond donors (Lipinski definition) is 2. The van der Waals surface area contributed by atoms with Crippen molar-refractivity contribution in [1.82, 2.24) is 15.2 Å². The highest BCUT2D eigenvalue weighted by Crippen LogP contribution is 2.33. The molecule has 0 atom stereocenters. The number of para-hydroxylation sites is 2. The number of carbonyl (C=O) groups excluding carboxylic acids is 1. The summed E-state index contributed by atoms with van der Waals surface area (Å²) in [4.78, 5) is 12.8. The van der Waals surface area contributed by atoms with Crippen molar-refractivity contribution in [2.75, 3.05) is 18.9 Å². The van der Waals surface area contributed by atoms with E-state index in [0.717, 1.165) is 11.3 Å². The number of benzene rings is 4. The van der Waals surface area contributed by atoms with E-state index in [0.29, 0.717) is 22.8 Å². The molecule has 218 valence electrons. The Morgan fingerprint density at radius 2 is 1.65 bits per heavy atom. The normalized spacial score (nSPS) is 11.3. The Bertz CT molecular complexity index is 1910. The van der Waals surface area contributed by atoms with Crippen LogP contribution in [-0.4, -0.2) is 44.5 Å². The van der Waals surface area contributed by atoms with Crippen LogP contribution in [-0.2, 0) is 10.0 Å². The van der Waals surface area contributed by atoms with Gasteiger partial charge in [-0.15, -0.1) is 0 Å². The van der Waals surface area contributed by atoms with Gasteiger partial charge < -0.3 is 9.47 Å². The molecule has 0 spiro atoms. The lowest BCUT2D eigenvalue weighted by Gasteiger charge is -2.10. The minimum Gasteiger partial charge on any atom is -0.493 e. The summed E-state index contributed by atoms with van der Waals surface area (Å²) in [5, 5.41) is 9.14. The largest absolute Gasteiger partial charge is 0.493 e. The van der Waals surface area contributed by atoms with Crippen LogP contribution < -0.4 is 19.6 Å². The van der Waals surface area contributed by atoms with Gasteiger partial charge in [-0.3, -0.25) is 9.52 Å². The Hall–Kier alpha value is -5.13. The van der Waals surface area contributed by atoms with Crippen LogP contribution in [0.3, 0.4) is 0 Å². The first kappa shape index (κ1) is 29.4. The Morgan fingerprint density at radius 1 is 0.907 bits per heavy atom. The lowest BCUT2D eigenvalue weighted by Crippen LogP contribution is -2.19. The molecule has 0 saturated heterocycles. The molecule has 0 aliphatic carbocycles. The molecule has 10 nitrogen and oxygen atoms in total. The monoisotopic (exact) mass is 615 g/mol. The van der Waals surface area contributed by atoms with E-state index in [1.807, 2.05) is 36.4 Å². The second-order valence-corrected chi connectivity index (χ2v) is 11.2. The molecular formula is C31H26ClN5O5S. The summed E-state index contributed by atoms with van der Waals surface area (Å²) in [5.41, 5.74) is 5.55. The van der Waals surface area contributed by atoms with Crippen LogP contribution in [0.15, 0.2) is 113 Å². The molecule has 0 fully saturated rings. The van der Waals surface area contributed by atoms with E-state index in [4.69, 9.17) is 26.2 Å². The minimum atomic E-state index is -4.01. The summed E-state index contributed by atoms with van der Waals surface area (Å²) in [6, 6.07) is 27.0. The predicted octanol–water partition coefficient (Wildman–Crippen LogP) is 5.77. The van der Waals surface area contributed by atoms with Crippen LogP contribution in [0.4, 0.5) is 5.69 Å². The van der Waals surface area contributed by atoms with Gasteiger partial charge in [0.05, 0.1) is 41.7 Å². The molecule has 0 unspecified atom stereocenters. The van der Waals surface area contributed by atoms with Crippen molar-refractivity contribution in [3.05, 3.63) is 119 Å². The summed E-state index contributed by atoms with van der Waals surface area (Å²) in [7, 11) is -0.900. The third-order valence-electron chi connectivity index (χ3n) is 6.31. The second kappa shape index (κ2) is 12.8. The zero-order chi connectivity index (χ0) is 30.4. The molecule has 1 aromatic heterocycles. The van der Waals surface area contributed by atoms with Crippen molar-refractivity contribution in [2.24, 2.45) is 5.10 Å². The zero-order valence-corrected chi connectivity index (χ0v) is 24.6. The average Bonchev–Trinajstić information content (AvgIpc) is 3.46. The number of hydrogen-bond acceptors (Lipinski definition) is 7. The van der Waals surface area contributed by atoms with Crippen LogP contribution in [0.25, 0.3) is 16.9 Å². The molecule has 43 heavy (non-hydrogen) atoms. The number of nitrogens with one attached hydrogen (secondary N) is 2. The maximum Gasteiger partial charge on any atom is 0.271 e. The van der Waals surface area contributed by atoms with Crippen LogP contribution >= 0.6 is 11.6 Å². The maximum atomic E-state index is 12.9. The van der Waals surface area contributed by atoms with Crippen LogP contribution in [0.2, 0.25) is 5.02 Å². The summed E-state index contributed by atoms with van der Waals surface area (Å²) in [6.45, 7) is 0. The fraction of sp³-hybridized carbons (Fsp3) is 0.0645. The number of carbonyl (C=O) groups is 1. The van der Waals surface area contributed by atoms with Gasteiger partial charge in [0, 0.05) is 22.9 Å². The molecule has 5 aromatic rings. The average molecular weight is 616 g/mol. The van der Waals surface area contributed by atoms with Crippen LogP contribution in [0.5, 0.6) is 11.5 Å². The summed E-state index contributed by atoms with van der Waals surface area (Å²) in [5.74, 6) is 0.501. The number of ether oxygens (including phenoxy) is 2. The van der Waals surface area contributed by atoms with Crippen molar-refractivity contribution < 1.29 is 22.7 Å². The van der Waals surface area contributed by atoms with Crippen LogP contribution in [0, 0.1) is 0 Å². The lowest BCUT2D eigenvalue weighted by atomic mass is 10.1. The van der Waals surface area contributed by atoms with E-state index >= 15 is 0 Å². The number of hydrazone groups is 1. The topological polar surface area (TPSA) is 124 Å². The Morgan fingerprint density at radius 3 is 2.40 bits per heavy atom. The molecule has 4 aromatic carbocycles. The molecule has 1 heterocycles. The number of nitrogens with zero attached hydrogens (tertiary/aromatic N) is 3. The Balaban J connectivity index is 1.40. The summed E-state index contributed by atoms with van der Waals surface area (Å²) < 4.78 is 40.9. The summed E-state index contributed by atoms with van der Waals surface area (Å²) >= 11 is 6.10. The zero-order valence-electron chi connectivity index (χ0n) is 23.1. The van der Waals surface area contributed by atoms with Crippen molar-refractivity contribution in [3.63, 3.8) is 0 Å². The molecule has 5 rings (SSSR count). The Labute approximate surface area is 253 Å². The first-order valence-corrected chi connectivity index (χ1v) is 14.7. The maximum absolute atomic E-state index is 12.9. The molecule has 1 amide bonds. The second-order valence-electron chi connectivity index (χ2n) is 9.10. The van der Waals surface area contributed by atoms with Crippen molar-refractivity contribution in [3.8, 4) is 28.4 Å². The van der Waals surface area contributed by atoms with Gasteiger partial charge in [-0.2, -0.15) is 10.2 Å². The number of amides is 1. The number of anilines is 1. The van der Waals surface area contributed by atoms with Gasteiger partial charge in [-0.1, -0.05) is 48.0 Å².